The fourth-order valence-electron chi connectivity index (χ4n) is 0. The zero-order valence-electron chi connectivity index (χ0n) is 0.878. The van der Waals surface area contributed by atoms with Crippen LogP contribution in [-0.2, 0) is 17.1 Å². The summed E-state index contributed by atoms with van der Waals surface area (Å²) in [6, 6.07) is 0. The summed E-state index contributed by atoms with van der Waals surface area (Å²) < 4.78 is 0. The van der Waals surface area contributed by atoms with Gasteiger partial charge in [0, 0.05) is 17.1 Å². The van der Waals surface area contributed by atoms with Crippen molar-refractivity contribution in [1.29, 1.82) is 0 Å². The van der Waals surface area contributed by atoms with E-state index < -0.39 is 0 Å². The van der Waals surface area contributed by atoms with Crippen LogP contribution >= 0.6 is 13.5 Å². The molecule has 4 heavy (non-hydrogen) atoms. The minimum absolute atomic E-state index is 0. The molecule has 0 bridgehead atoms. The summed E-state index contributed by atoms with van der Waals surface area (Å²) in [5.74, 6) is 0. The SMILES string of the molecule is C.S.[Mn].[SiH4]. The van der Waals surface area contributed by atoms with Crippen molar-refractivity contribution in [3.8, 4) is 0 Å². The number of rotatable bonds is 0. The van der Waals surface area contributed by atoms with Gasteiger partial charge in [-0.25, -0.2) is 0 Å². The Kier molecular flexibility index (Phi) is 593. The van der Waals surface area contributed by atoms with Crippen molar-refractivity contribution in [3.63, 3.8) is 0 Å². The molecule has 1 radical (unpaired) electrons. The van der Waals surface area contributed by atoms with Crippen molar-refractivity contribution in [3.05, 3.63) is 0 Å². The topological polar surface area (TPSA) is 0 Å². The van der Waals surface area contributed by atoms with Crippen molar-refractivity contribution in [2.45, 2.75) is 7.43 Å². The van der Waals surface area contributed by atoms with Crippen LogP contribution in [0.5, 0.6) is 0 Å². The molecule has 0 nitrogen and oxygen atoms in total. The van der Waals surface area contributed by atoms with E-state index in [0.717, 1.165) is 0 Å². The Morgan fingerprint density at radius 1 is 1.00 bits per heavy atom. The second-order valence-corrected chi connectivity index (χ2v) is 0. The van der Waals surface area contributed by atoms with E-state index in [4.69, 9.17) is 0 Å². The second-order valence-electron chi connectivity index (χ2n) is 0. The largest absolute Gasteiger partial charge is 0.197 e. The summed E-state index contributed by atoms with van der Waals surface area (Å²) in [6.07, 6.45) is 0. The molecule has 0 aromatic rings. The molecule has 0 aliphatic carbocycles. The van der Waals surface area contributed by atoms with Gasteiger partial charge in [-0.1, -0.05) is 7.43 Å². The standard InChI is InChI=1S/CH4.Mn.H2S.H4Si/h1H4;;1H2;1H4. The maximum Gasteiger partial charge on any atom is 0 e. The monoisotopic (exact) mass is 137 g/mol. The van der Waals surface area contributed by atoms with Crippen LogP contribution < -0.4 is 0 Å². The summed E-state index contributed by atoms with van der Waals surface area (Å²) in [4.78, 5) is 0. The van der Waals surface area contributed by atoms with Crippen molar-refractivity contribution in [2.75, 3.05) is 0 Å². The Morgan fingerprint density at radius 2 is 1.00 bits per heavy atom. The molecule has 0 N–H and O–H groups in total. The molecule has 0 atom stereocenters. The summed E-state index contributed by atoms with van der Waals surface area (Å²) in [5, 5.41) is 0. The maximum atomic E-state index is 0. The van der Waals surface area contributed by atoms with Gasteiger partial charge in [0.1, 0.15) is 0 Å². The first-order valence-electron chi connectivity index (χ1n) is 0. The predicted octanol–water partition coefficient (Wildman–Crippen LogP) is -0.705. The molecule has 0 saturated carbocycles. The third kappa shape index (κ3) is 11.4. The van der Waals surface area contributed by atoms with Gasteiger partial charge in [0.2, 0.25) is 0 Å². The molecule has 0 rings (SSSR count). The molecule has 0 aliphatic heterocycles. The van der Waals surface area contributed by atoms with Crippen LogP contribution in [0.1, 0.15) is 7.43 Å². The average Bonchev–Trinajstić information content (AvgIpc) is 0. The Morgan fingerprint density at radius 3 is 1.00 bits per heavy atom. The predicted molar refractivity (Wildman–Crippen MR) is 28.4 cm³/mol. The Labute approximate surface area is 49.3 Å². The molecule has 0 heterocycles. The van der Waals surface area contributed by atoms with Crippen molar-refractivity contribution < 1.29 is 17.1 Å². The molecule has 0 aromatic carbocycles. The molecule has 3 heteroatoms. The molecule has 0 aromatic heterocycles. The first-order valence-corrected chi connectivity index (χ1v) is 0. The van der Waals surface area contributed by atoms with E-state index in [1.807, 2.05) is 0 Å². The van der Waals surface area contributed by atoms with Crippen LogP contribution in [0.25, 0.3) is 0 Å². The van der Waals surface area contributed by atoms with Crippen LogP contribution in [-0.4, -0.2) is 11.0 Å². The van der Waals surface area contributed by atoms with Gasteiger partial charge in [-0.3, -0.25) is 0 Å². The van der Waals surface area contributed by atoms with Gasteiger partial charge in [0.15, 0.2) is 0 Å². The normalized spacial score (nSPS) is 0. The molecule has 0 unspecified atom stereocenters. The van der Waals surface area contributed by atoms with Crippen LogP contribution in [0.4, 0.5) is 0 Å². The summed E-state index contributed by atoms with van der Waals surface area (Å²) in [5.41, 5.74) is 0. The fraction of sp³-hybridized carbons (Fsp3) is 1.00. The quantitative estimate of drug-likeness (QED) is 0.387. The van der Waals surface area contributed by atoms with Gasteiger partial charge in [0.25, 0.3) is 0 Å². The van der Waals surface area contributed by atoms with E-state index in [2.05, 4.69) is 0 Å². The maximum absolute atomic E-state index is 0. The third-order valence-corrected chi connectivity index (χ3v) is 0. The van der Waals surface area contributed by atoms with Crippen molar-refractivity contribution in [1.82, 2.24) is 0 Å². The second kappa shape index (κ2) is 33.0. The van der Waals surface area contributed by atoms with Crippen LogP contribution in [0.3, 0.4) is 0 Å². The summed E-state index contributed by atoms with van der Waals surface area (Å²) in [6.45, 7) is 0. The molecule has 0 aliphatic rings. The van der Waals surface area contributed by atoms with Gasteiger partial charge in [-0.05, 0) is 11.0 Å². The van der Waals surface area contributed by atoms with Crippen molar-refractivity contribution in [2.24, 2.45) is 0 Å². The van der Waals surface area contributed by atoms with Gasteiger partial charge in [-0.2, -0.15) is 13.5 Å². The molecular weight excluding hydrogens is 127 g/mol. The minimum atomic E-state index is 0. The molecule has 0 spiro atoms. The molecule has 31 valence electrons. The van der Waals surface area contributed by atoms with Crippen molar-refractivity contribution >= 4 is 24.5 Å². The van der Waals surface area contributed by atoms with Crippen LogP contribution in [0.15, 0.2) is 0 Å². The third-order valence-electron chi connectivity index (χ3n) is 0. The smallest absolute Gasteiger partial charge is 0 e. The van der Waals surface area contributed by atoms with Crippen LogP contribution in [0.2, 0.25) is 0 Å². The zero-order chi connectivity index (χ0) is 0. The zero-order valence-corrected chi connectivity index (χ0v) is 3.06. The van der Waals surface area contributed by atoms with E-state index in [1.165, 1.54) is 0 Å². The average molecular weight is 137 g/mol. The Hall–Kier alpha value is 1.09. The van der Waals surface area contributed by atoms with E-state index in [0.29, 0.717) is 0 Å². The fourth-order valence-corrected chi connectivity index (χ4v) is 0. The van der Waals surface area contributed by atoms with Gasteiger partial charge < -0.3 is 0 Å². The van der Waals surface area contributed by atoms with E-state index in [9.17, 15) is 0 Å². The van der Waals surface area contributed by atoms with Gasteiger partial charge in [-0.15, -0.1) is 0 Å². The van der Waals surface area contributed by atoms with E-state index in [1.54, 1.807) is 0 Å². The molecular formula is CH10MnSSi. The summed E-state index contributed by atoms with van der Waals surface area (Å²) >= 11 is 0. The molecule has 0 fully saturated rings. The summed E-state index contributed by atoms with van der Waals surface area (Å²) in [7, 11) is 0. The first-order chi connectivity index (χ1) is 0. The minimum Gasteiger partial charge on any atom is -0.197 e. The number of hydrogen-bond acceptors (Lipinski definition) is 0. The molecule has 0 saturated heterocycles. The van der Waals surface area contributed by atoms with Crippen LogP contribution in [0, 0.1) is 0 Å². The van der Waals surface area contributed by atoms with E-state index >= 15 is 0 Å². The van der Waals surface area contributed by atoms with Gasteiger partial charge >= 0.3 is 0 Å². The Bertz CT molecular complexity index is 8.00. The van der Waals surface area contributed by atoms with E-state index in [-0.39, 0.29) is 49.0 Å². The number of hydrogen-bond donors (Lipinski definition) is 0. The Balaban J connectivity index is 0. The van der Waals surface area contributed by atoms with Gasteiger partial charge in [0.05, 0.1) is 0 Å². The molecule has 0 amide bonds. The first kappa shape index (κ1) is 72.0.